The van der Waals surface area contributed by atoms with Crippen LogP contribution in [0.15, 0.2) is 72.8 Å². The van der Waals surface area contributed by atoms with Crippen molar-refractivity contribution in [3.05, 3.63) is 99.5 Å². The normalized spacial score (nSPS) is 10.8. The fourth-order valence-corrected chi connectivity index (χ4v) is 4.12. The maximum Gasteiger partial charge on any atom is 0.246 e. The van der Waals surface area contributed by atoms with E-state index < -0.39 is 0 Å². The van der Waals surface area contributed by atoms with Crippen molar-refractivity contribution in [2.75, 3.05) is 10.6 Å². The van der Waals surface area contributed by atoms with Gasteiger partial charge in [0.05, 0.1) is 6.54 Å². The quantitative estimate of drug-likeness (QED) is 0.324. The molecule has 3 aromatic carbocycles. The number of hydrogen-bond donors (Lipinski definition) is 2. The number of aryl methyl sites for hydroxylation is 2. The van der Waals surface area contributed by atoms with Crippen LogP contribution in [0.25, 0.3) is 5.69 Å². The Kier molecular flexibility index (Phi) is 6.91. The molecule has 0 radical (unpaired) electrons. The van der Waals surface area contributed by atoms with Gasteiger partial charge in [-0.2, -0.15) is 5.10 Å². The number of rotatable bonds is 7. The van der Waals surface area contributed by atoms with Crippen molar-refractivity contribution in [1.29, 1.82) is 0 Å². The van der Waals surface area contributed by atoms with E-state index in [1.54, 1.807) is 4.68 Å². The highest BCUT2D eigenvalue weighted by Crippen LogP contribution is 2.20. The summed E-state index contributed by atoms with van der Waals surface area (Å²) in [7, 11) is 0. The van der Waals surface area contributed by atoms with Gasteiger partial charge in [-0.1, -0.05) is 54.1 Å². The Bertz CT molecular complexity index is 1330. The Morgan fingerprint density at radius 3 is 2.39 bits per heavy atom. The van der Waals surface area contributed by atoms with Crippen LogP contribution in [0.5, 0.6) is 0 Å². The van der Waals surface area contributed by atoms with Crippen molar-refractivity contribution in [2.45, 2.75) is 26.9 Å². The number of carbonyl (C=O) groups excluding carboxylic acids is 1. The second-order valence-electron chi connectivity index (χ2n) is 7.71. The highest BCUT2D eigenvalue weighted by Gasteiger charge is 2.16. The van der Waals surface area contributed by atoms with Gasteiger partial charge in [0.25, 0.3) is 0 Å². The van der Waals surface area contributed by atoms with Crippen LogP contribution in [0.4, 0.5) is 11.4 Å². The molecular weight excluding hydrogens is 454 g/mol. The minimum atomic E-state index is -0.185. The van der Waals surface area contributed by atoms with Gasteiger partial charge in [0.1, 0.15) is 6.54 Å². The van der Waals surface area contributed by atoms with Crippen molar-refractivity contribution in [3.8, 4) is 5.69 Å². The molecule has 8 heteroatoms. The van der Waals surface area contributed by atoms with Crippen LogP contribution < -0.4 is 10.6 Å². The number of aromatic nitrogens is 3. The van der Waals surface area contributed by atoms with Crippen molar-refractivity contribution in [1.82, 2.24) is 14.3 Å². The first kappa shape index (κ1) is 22.8. The van der Waals surface area contributed by atoms with E-state index in [1.165, 1.54) is 0 Å². The first-order valence-electron chi connectivity index (χ1n) is 10.5. The van der Waals surface area contributed by atoms with Gasteiger partial charge in [-0.05, 0) is 67.5 Å². The molecule has 0 atom stereocenters. The fourth-order valence-electron chi connectivity index (χ4n) is 3.61. The predicted octanol–water partition coefficient (Wildman–Crippen LogP) is 5.92. The second-order valence-corrected chi connectivity index (χ2v) is 8.51. The number of amides is 1. The Morgan fingerprint density at radius 2 is 1.70 bits per heavy atom. The molecule has 33 heavy (non-hydrogen) atoms. The Balaban J connectivity index is 1.62. The third-order valence-electron chi connectivity index (χ3n) is 5.23. The molecule has 0 saturated carbocycles. The number of hydrogen-bond acceptors (Lipinski definition) is 4. The maximum atomic E-state index is 12.9. The van der Waals surface area contributed by atoms with Gasteiger partial charge in [-0.25, -0.2) is 4.68 Å². The van der Waals surface area contributed by atoms with E-state index in [-0.39, 0.29) is 12.5 Å². The largest absolute Gasteiger partial charge is 0.378 e. The van der Waals surface area contributed by atoms with Crippen LogP contribution >= 0.6 is 23.8 Å². The molecule has 0 spiro atoms. The van der Waals surface area contributed by atoms with Gasteiger partial charge in [0.2, 0.25) is 10.7 Å². The molecule has 2 N–H and O–H groups in total. The summed E-state index contributed by atoms with van der Waals surface area (Å²) >= 11 is 11.8. The van der Waals surface area contributed by atoms with E-state index in [4.69, 9.17) is 23.8 Å². The Labute approximate surface area is 202 Å². The highest BCUT2D eigenvalue weighted by molar-refractivity contribution is 7.71. The molecule has 0 unspecified atom stereocenters. The minimum Gasteiger partial charge on any atom is -0.378 e. The SMILES string of the molecule is Cc1cccc(C)c1NC(=O)Cn1nc(CNc2cccc(Cl)c2)n(-c2ccccc2)c1=S. The van der Waals surface area contributed by atoms with Crippen molar-refractivity contribution < 1.29 is 4.79 Å². The summed E-state index contributed by atoms with van der Waals surface area (Å²) in [6, 6.07) is 23.1. The zero-order valence-corrected chi connectivity index (χ0v) is 20.0. The standard InChI is InChI=1S/C25H24ClN5OS/c1-17-8-6-9-18(2)24(17)28-23(32)16-30-25(33)31(21-12-4-3-5-13-21)22(29-30)15-27-20-11-7-10-19(26)14-20/h3-14,27H,15-16H2,1-2H3,(H,28,32). The van der Waals surface area contributed by atoms with Crippen LogP contribution in [-0.4, -0.2) is 20.3 Å². The number of halogens is 1. The predicted molar refractivity (Wildman–Crippen MR) is 136 cm³/mol. The maximum absolute atomic E-state index is 12.9. The van der Waals surface area contributed by atoms with Gasteiger partial charge in [0, 0.05) is 22.1 Å². The van der Waals surface area contributed by atoms with Crippen LogP contribution in [0.1, 0.15) is 17.0 Å². The first-order valence-corrected chi connectivity index (χ1v) is 11.3. The average Bonchev–Trinajstić information content (AvgIpc) is 3.10. The summed E-state index contributed by atoms with van der Waals surface area (Å²) in [5.74, 6) is 0.501. The van der Waals surface area contributed by atoms with Crippen LogP contribution in [-0.2, 0) is 17.9 Å². The molecule has 0 saturated heterocycles. The van der Waals surface area contributed by atoms with E-state index in [0.717, 1.165) is 28.2 Å². The van der Waals surface area contributed by atoms with E-state index in [0.29, 0.717) is 22.2 Å². The highest BCUT2D eigenvalue weighted by atomic mass is 35.5. The zero-order chi connectivity index (χ0) is 23.4. The number of nitrogens with zero attached hydrogens (tertiary/aromatic N) is 3. The molecule has 0 aliphatic rings. The van der Waals surface area contributed by atoms with Gasteiger partial charge in [0.15, 0.2) is 5.82 Å². The number of benzene rings is 3. The van der Waals surface area contributed by atoms with Crippen molar-refractivity contribution in [3.63, 3.8) is 0 Å². The second kappa shape index (κ2) is 10.0. The molecule has 0 aliphatic heterocycles. The average molecular weight is 478 g/mol. The van der Waals surface area contributed by atoms with Gasteiger partial charge >= 0.3 is 0 Å². The first-order chi connectivity index (χ1) is 15.9. The van der Waals surface area contributed by atoms with E-state index in [1.807, 2.05) is 91.2 Å². The van der Waals surface area contributed by atoms with Gasteiger partial charge < -0.3 is 10.6 Å². The Hall–Kier alpha value is -3.42. The number of nitrogens with one attached hydrogen (secondary N) is 2. The number of carbonyl (C=O) groups is 1. The smallest absolute Gasteiger partial charge is 0.246 e. The third-order valence-corrected chi connectivity index (χ3v) is 5.86. The van der Waals surface area contributed by atoms with Crippen LogP contribution in [0, 0.1) is 18.6 Å². The lowest BCUT2D eigenvalue weighted by molar-refractivity contribution is -0.116. The summed E-state index contributed by atoms with van der Waals surface area (Å²) in [5.41, 5.74) is 4.59. The summed E-state index contributed by atoms with van der Waals surface area (Å²) in [6.45, 7) is 4.36. The molecule has 4 aromatic rings. The fraction of sp³-hybridized carbons (Fsp3) is 0.160. The molecule has 1 aromatic heterocycles. The molecule has 168 valence electrons. The van der Waals surface area contributed by atoms with Crippen LogP contribution in [0.2, 0.25) is 5.02 Å². The molecule has 1 heterocycles. The Morgan fingerprint density at radius 1 is 1.00 bits per heavy atom. The van der Waals surface area contributed by atoms with Gasteiger partial charge in [-0.3, -0.25) is 9.36 Å². The molecular formula is C25H24ClN5OS. The van der Waals surface area contributed by atoms with Crippen LogP contribution in [0.3, 0.4) is 0 Å². The summed E-state index contributed by atoms with van der Waals surface area (Å²) in [5, 5.41) is 11.6. The van der Waals surface area contributed by atoms with E-state index >= 15 is 0 Å². The molecule has 1 amide bonds. The van der Waals surface area contributed by atoms with Crippen molar-refractivity contribution in [2.24, 2.45) is 0 Å². The lowest BCUT2D eigenvalue weighted by Crippen LogP contribution is -2.21. The monoisotopic (exact) mass is 477 g/mol. The number of para-hydroxylation sites is 2. The van der Waals surface area contributed by atoms with E-state index in [2.05, 4.69) is 15.7 Å². The molecule has 0 bridgehead atoms. The lowest BCUT2D eigenvalue weighted by Gasteiger charge is -2.11. The van der Waals surface area contributed by atoms with Crippen molar-refractivity contribution >= 4 is 41.1 Å². The molecule has 0 aliphatic carbocycles. The zero-order valence-electron chi connectivity index (χ0n) is 18.4. The third kappa shape index (κ3) is 5.32. The summed E-state index contributed by atoms with van der Waals surface area (Å²) in [6.07, 6.45) is 0. The van der Waals surface area contributed by atoms with E-state index in [9.17, 15) is 4.79 Å². The molecule has 4 rings (SSSR count). The van der Waals surface area contributed by atoms with Gasteiger partial charge in [-0.15, -0.1) is 0 Å². The molecule has 0 fully saturated rings. The topological polar surface area (TPSA) is 63.9 Å². The lowest BCUT2D eigenvalue weighted by atomic mass is 10.1. The summed E-state index contributed by atoms with van der Waals surface area (Å²) < 4.78 is 3.88. The summed E-state index contributed by atoms with van der Waals surface area (Å²) in [4.78, 5) is 12.9. The number of anilines is 2. The minimum absolute atomic E-state index is 0.0105. The molecule has 6 nitrogen and oxygen atoms in total.